The zero-order valence-corrected chi connectivity index (χ0v) is 12.5. The first-order valence-electron chi connectivity index (χ1n) is 6.81. The summed E-state index contributed by atoms with van der Waals surface area (Å²) in [5.41, 5.74) is 5.85. The number of imidazole rings is 1. The summed E-state index contributed by atoms with van der Waals surface area (Å²) in [7, 11) is 0. The number of fused-ring (bicyclic) bond motifs is 1. The summed E-state index contributed by atoms with van der Waals surface area (Å²) in [6, 6.07) is 10.3. The van der Waals surface area contributed by atoms with Gasteiger partial charge in [-0.05, 0) is 48.8 Å². The van der Waals surface area contributed by atoms with E-state index in [0.717, 1.165) is 22.4 Å². The lowest BCUT2D eigenvalue weighted by Crippen LogP contribution is -2.05. The molecule has 1 aromatic carbocycles. The Hall–Kier alpha value is -1.94. The quantitative estimate of drug-likeness (QED) is 0.737. The van der Waals surface area contributed by atoms with E-state index in [2.05, 4.69) is 46.6 Å². The predicted molar refractivity (Wildman–Crippen MR) is 84.6 cm³/mol. The van der Waals surface area contributed by atoms with Gasteiger partial charge in [-0.15, -0.1) is 0 Å². The summed E-state index contributed by atoms with van der Waals surface area (Å²) in [5.74, 6) is 0. The number of rotatable bonds is 3. The number of pyridine rings is 1. The van der Waals surface area contributed by atoms with Crippen molar-refractivity contribution in [3.05, 3.63) is 58.1 Å². The van der Waals surface area contributed by atoms with Gasteiger partial charge in [0.25, 0.3) is 0 Å². The lowest BCUT2D eigenvalue weighted by molar-refractivity contribution is 0.770. The Kier molecular flexibility index (Phi) is 3.40. The number of para-hydroxylation sites is 1. The van der Waals surface area contributed by atoms with Crippen molar-refractivity contribution in [1.82, 2.24) is 14.5 Å². The Balaban J connectivity index is 2.16. The van der Waals surface area contributed by atoms with Gasteiger partial charge in [0, 0.05) is 6.20 Å². The molecular formula is C16H17N3S. The van der Waals surface area contributed by atoms with Gasteiger partial charge in [0.05, 0.1) is 23.3 Å². The van der Waals surface area contributed by atoms with E-state index in [1.54, 1.807) is 0 Å². The molecule has 0 spiro atoms. The lowest BCUT2D eigenvalue weighted by Gasteiger charge is -2.09. The Labute approximate surface area is 123 Å². The van der Waals surface area contributed by atoms with Gasteiger partial charge in [-0.1, -0.05) is 25.1 Å². The second kappa shape index (κ2) is 5.21. The summed E-state index contributed by atoms with van der Waals surface area (Å²) in [5, 5.41) is 0. The number of aromatic amines is 1. The molecule has 0 amide bonds. The molecule has 0 fully saturated rings. The van der Waals surface area contributed by atoms with Crippen LogP contribution in [0.2, 0.25) is 0 Å². The van der Waals surface area contributed by atoms with Crippen LogP contribution in [0.4, 0.5) is 0 Å². The Bertz CT molecular complexity index is 814. The maximum Gasteiger partial charge on any atom is 0.178 e. The highest BCUT2D eigenvalue weighted by molar-refractivity contribution is 7.71. The van der Waals surface area contributed by atoms with Crippen LogP contribution in [0.25, 0.3) is 11.0 Å². The molecule has 0 atom stereocenters. The van der Waals surface area contributed by atoms with Gasteiger partial charge in [-0.25, -0.2) is 0 Å². The molecule has 0 unspecified atom stereocenters. The van der Waals surface area contributed by atoms with E-state index in [9.17, 15) is 0 Å². The van der Waals surface area contributed by atoms with E-state index < -0.39 is 0 Å². The van der Waals surface area contributed by atoms with Gasteiger partial charge in [-0.3, -0.25) is 4.98 Å². The highest BCUT2D eigenvalue weighted by Gasteiger charge is 2.09. The molecule has 2 heterocycles. The molecule has 102 valence electrons. The third-order valence-electron chi connectivity index (χ3n) is 3.67. The molecule has 2 aromatic heterocycles. The van der Waals surface area contributed by atoms with Crippen molar-refractivity contribution in [2.24, 2.45) is 0 Å². The third-order valence-corrected chi connectivity index (χ3v) is 3.99. The van der Waals surface area contributed by atoms with E-state index in [-0.39, 0.29) is 0 Å². The van der Waals surface area contributed by atoms with Crippen molar-refractivity contribution in [1.29, 1.82) is 0 Å². The largest absolute Gasteiger partial charge is 0.331 e. The zero-order chi connectivity index (χ0) is 14.1. The van der Waals surface area contributed by atoms with Crippen LogP contribution in [-0.4, -0.2) is 14.5 Å². The molecule has 3 rings (SSSR count). The Morgan fingerprint density at radius 3 is 2.90 bits per heavy atom. The van der Waals surface area contributed by atoms with Crippen molar-refractivity contribution in [3.8, 4) is 0 Å². The number of nitrogens with one attached hydrogen (secondary N) is 1. The average Bonchev–Trinajstić information content (AvgIpc) is 2.77. The van der Waals surface area contributed by atoms with Crippen molar-refractivity contribution in [3.63, 3.8) is 0 Å². The summed E-state index contributed by atoms with van der Waals surface area (Å²) in [4.78, 5) is 7.80. The van der Waals surface area contributed by atoms with Crippen molar-refractivity contribution in [2.75, 3.05) is 0 Å². The number of H-pyrrole nitrogens is 1. The van der Waals surface area contributed by atoms with Crippen LogP contribution in [-0.2, 0) is 13.0 Å². The maximum atomic E-state index is 5.47. The first-order valence-corrected chi connectivity index (χ1v) is 7.22. The standard InChI is InChI=1S/C16H17N3S/c1-3-12-7-5-9-17-14(12)10-19-15-11(2)6-4-8-13(15)18-16(19)20/h4-9H,3,10H2,1-2H3,(H,18,20). The van der Waals surface area contributed by atoms with Gasteiger partial charge < -0.3 is 9.55 Å². The minimum absolute atomic E-state index is 0.716. The van der Waals surface area contributed by atoms with Crippen LogP contribution in [0.15, 0.2) is 36.5 Å². The highest BCUT2D eigenvalue weighted by Crippen LogP contribution is 2.20. The smallest absolute Gasteiger partial charge is 0.178 e. The SMILES string of the molecule is CCc1cccnc1Cn1c(=S)[nH]c2cccc(C)c21. The molecule has 0 aliphatic rings. The van der Waals surface area contributed by atoms with Crippen LogP contribution in [0, 0.1) is 11.7 Å². The number of aryl methyl sites for hydroxylation is 2. The second-order valence-corrected chi connectivity index (χ2v) is 5.34. The number of nitrogens with zero attached hydrogens (tertiary/aromatic N) is 2. The molecule has 1 N–H and O–H groups in total. The number of aromatic nitrogens is 3. The van der Waals surface area contributed by atoms with E-state index >= 15 is 0 Å². The molecule has 0 radical (unpaired) electrons. The monoisotopic (exact) mass is 283 g/mol. The maximum absolute atomic E-state index is 5.47. The Morgan fingerprint density at radius 2 is 2.10 bits per heavy atom. The predicted octanol–water partition coefficient (Wildman–Crippen LogP) is 4.01. The van der Waals surface area contributed by atoms with Crippen LogP contribution in [0.1, 0.15) is 23.7 Å². The third kappa shape index (κ3) is 2.16. The van der Waals surface area contributed by atoms with Crippen LogP contribution in [0.3, 0.4) is 0 Å². The van der Waals surface area contributed by atoms with Gasteiger partial charge in [-0.2, -0.15) is 0 Å². The molecule has 3 nitrogen and oxygen atoms in total. The number of hydrogen-bond acceptors (Lipinski definition) is 2. The summed E-state index contributed by atoms with van der Waals surface area (Å²) in [6.07, 6.45) is 2.83. The fourth-order valence-electron chi connectivity index (χ4n) is 2.64. The minimum atomic E-state index is 0.716. The van der Waals surface area contributed by atoms with Gasteiger partial charge in [0.1, 0.15) is 0 Å². The van der Waals surface area contributed by atoms with Crippen LogP contribution >= 0.6 is 12.2 Å². The molecule has 0 saturated carbocycles. The molecule has 0 aliphatic carbocycles. The van der Waals surface area contributed by atoms with Gasteiger partial charge in [0.2, 0.25) is 0 Å². The van der Waals surface area contributed by atoms with Crippen molar-refractivity contribution in [2.45, 2.75) is 26.8 Å². The van der Waals surface area contributed by atoms with Gasteiger partial charge >= 0.3 is 0 Å². The molecule has 4 heteroatoms. The second-order valence-electron chi connectivity index (χ2n) is 4.95. The van der Waals surface area contributed by atoms with E-state index in [0.29, 0.717) is 6.54 Å². The first kappa shape index (κ1) is 13.1. The fourth-order valence-corrected chi connectivity index (χ4v) is 2.90. The summed E-state index contributed by atoms with van der Waals surface area (Å²) in [6.45, 7) is 4.98. The Morgan fingerprint density at radius 1 is 1.25 bits per heavy atom. The minimum Gasteiger partial charge on any atom is -0.331 e. The first-order chi connectivity index (χ1) is 9.70. The topological polar surface area (TPSA) is 33.6 Å². The number of hydrogen-bond donors (Lipinski definition) is 1. The molecule has 0 aliphatic heterocycles. The fraction of sp³-hybridized carbons (Fsp3) is 0.250. The number of benzene rings is 1. The summed E-state index contributed by atoms with van der Waals surface area (Å²) < 4.78 is 2.89. The average molecular weight is 283 g/mol. The van der Waals surface area contributed by atoms with Crippen LogP contribution < -0.4 is 0 Å². The van der Waals surface area contributed by atoms with Crippen molar-refractivity contribution >= 4 is 23.3 Å². The highest BCUT2D eigenvalue weighted by atomic mass is 32.1. The van der Waals surface area contributed by atoms with E-state index in [4.69, 9.17) is 12.2 Å². The van der Waals surface area contributed by atoms with E-state index in [1.165, 1.54) is 16.6 Å². The van der Waals surface area contributed by atoms with Crippen LogP contribution in [0.5, 0.6) is 0 Å². The lowest BCUT2D eigenvalue weighted by atomic mass is 10.1. The molecule has 20 heavy (non-hydrogen) atoms. The van der Waals surface area contributed by atoms with Crippen molar-refractivity contribution < 1.29 is 0 Å². The molecule has 0 bridgehead atoms. The van der Waals surface area contributed by atoms with E-state index in [1.807, 2.05) is 18.3 Å². The normalized spacial score (nSPS) is 11.1. The molecule has 3 aromatic rings. The van der Waals surface area contributed by atoms with Gasteiger partial charge in [0.15, 0.2) is 4.77 Å². The molecular weight excluding hydrogens is 266 g/mol. The zero-order valence-electron chi connectivity index (χ0n) is 11.7. The molecule has 0 saturated heterocycles. The summed E-state index contributed by atoms with van der Waals surface area (Å²) >= 11 is 5.47.